The number of hydrogen-bond acceptors (Lipinski definition) is 4. The lowest BCUT2D eigenvalue weighted by Crippen LogP contribution is -2.45. The lowest BCUT2D eigenvalue weighted by Gasteiger charge is -2.26. The van der Waals surface area contributed by atoms with Gasteiger partial charge >= 0.3 is 0 Å². The van der Waals surface area contributed by atoms with E-state index < -0.39 is 5.60 Å². The Morgan fingerprint density at radius 2 is 2.20 bits per heavy atom. The zero-order chi connectivity index (χ0) is 14.0. The summed E-state index contributed by atoms with van der Waals surface area (Å²) in [4.78, 5) is 4.61. The number of aliphatic hydroxyl groups is 1. The van der Waals surface area contributed by atoms with Crippen LogP contribution in [0.2, 0.25) is 0 Å². The minimum atomic E-state index is -0.753. The Kier molecular flexibility index (Phi) is 3.70. The first-order valence-corrected chi connectivity index (χ1v) is 7.07. The number of nitrogens with zero attached hydrogens (tertiary/aromatic N) is 1. The molecule has 1 aromatic carbocycles. The van der Waals surface area contributed by atoms with Crippen molar-refractivity contribution < 1.29 is 9.84 Å². The van der Waals surface area contributed by atoms with Gasteiger partial charge in [-0.2, -0.15) is 0 Å². The Hall–Kier alpha value is -1.49. The standard InChI is InChI=1S/C16H20N2O2/c1-12-16(19,8-9-20-12)11-17-10-14-7-6-13-4-2-3-5-15(13)18-14/h2-7,12,17,19H,8-11H2,1H3. The number of pyridine rings is 1. The minimum absolute atomic E-state index is 0.112. The molecule has 4 heteroatoms. The van der Waals surface area contributed by atoms with Crippen LogP contribution in [0.15, 0.2) is 36.4 Å². The molecular formula is C16H20N2O2. The predicted octanol–water partition coefficient (Wildman–Crippen LogP) is 1.86. The maximum atomic E-state index is 10.4. The Balaban J connectivity index is 1.62. The maximum absolute atomic E-state index is 10.4. The topological polar surface area (TPSA) is 54.4 Å². The van der Waals surface area contributed by atoms with Crippen LogP contribution in [0, 0.1) is 0 Å². The highest BCUT2D eigenvalue weighted by Gasteiger charge is 2.38. The molecule has 0 aliphatic carbocycles. The summed E-state index contributed by atoms with van der Waals surface area (Å²) in [6.07, 6.45) is 0.575. The molecule has 1 saturated heterocycles. The van der Waals surface area contributed by atoms with E-state index in [1.54, 1.807) is 0 Å². The van der Waals surface area contributed by atoms with Crippen LogP contribution in [-0.4, -0.2) is 34.9 Å². The highest BCUT2D eigenvalue weighted by molar-refractivity contribution is 5.78. The molecule has 0 bridgehead atoms. The van der Waals surface area contributed by atoms with Gasteiger partial charge in [0.15, 0.2) is 0 Å². The van der Waals surface area contributed by atoms with Crippen LogP contribution in [0.5, 0.6) is 0 Å². The van der Waals surface area contributed by atoms with Gasteiger partial charge in [-0.15, -0.1) is 0 Å². The lowest BCUT2D eigenvalue weighted by molar-refractivity contribution is -0.0263. The van der Waals surface area contributed by atoms with Crippen molar-refractivity contribution >= 4 is 10.9 Å². The average Bonchev–Trinajstić information content (AvgIpc) is 2.79. The van der Waals surface area contributed by atoms with E-state index in [4.69, 9.17) is 4.74 Å². The second-order valence-electron chi connectivity index (χ2n) is 5.47. The quantitative estimate of drug-likeness (QED) is 0.892. The molecule has 1 aromatic heterocycles. The molecule has 0 radical (unpaired) electrons. The second kappa shape index (κ2) is 5.48. The number of fused-ring (bicyclic) bond motifs is 1. The first kappa shape index (κ1) is 13.5. The highest BCUT2D eigenvalue weighted by atomic mass is 16.5. The van der Waals surface area contributed by atoms with E-state index in [0.29, 0.717) is 26.1 Å². The van der Waals surface area contributed by atoms with Crippen molar-refractivity contribution in [3.8, 4) is 0 Å². The molecule has 2 aromatic rings. The van der Waals surface area contributed by atoms with Gasteiger partial charge in [-0.3, -0.25) is 4.98 Å². The van der Waals surface area contributed by atoms with E-state index in [2.05, 4.69) is 22.4 Å². The molecule has 2 N–H and O–H groups in total. The molecule has 4 nitrogen and oxygen atoms in total. The van der Waals surface area contributed by atoms with Crippen LogP contribution < -0.4 is 5.32 Å². The van der Waals surface area contributed by atoms with Crippen LogP contribution in [-0.2, 0) is 11.3 Å². The third-order valence-corrected chi connectivity index (χ3v) is 4.05. The normalized spacial score (nSPS) is 26.2. The van der Waals surface area contributed by atoms with Gasteiger partial charge in [0.25, 0.3) is 0 Å². The van der Waals surface area contributed by atoms with E-state index in [-0.39, 0.29) is 6.10 Å². The molecule has 3 rings (SSSR count). The number of para-hydroxylation sites is 1. The van der Waals surface area contributed by atoms with Crippen molar-refractivity contribution in [2.45, 2.75) is 31.6 Å². The number of rotatable bonds is 4. The number of hydrogen-bond donors (Lipinski definition) is 2. The summed E-state index contributed by atoms with van der Waals surface area (Å²) in [5, 5.41) is 14.8. The molecule has 2 unspecified atom stereocenters. The largest absolute Gasteiger partial charge is 0.386 e. The zero-order valence-corrected chi connectivity index (χ0v) is 11.7. The number of nitrogens with one attached hydrogen (secondary N) is 1. The molecular weight excluding hydrogens is 252 g/mol. The number of ether oxygens (including phenoxy) is 1. The predicted molar refractivity (Wildman–Crippen MR) is 78.4 cm³/mol. The van der Waals surface area contributed by atoms with Gasteiger partial charge < -0.3 is 15.2 Å². The summed E-state index contributed by atoms with van der Waals surface area (Å²) in [5.41, 5.74) is 1.23. The average molecular weight is 272 g/mol. The number of benzene rings is 1. The van der Waals surface area contributed by atoms with E-state index in [0.717, 1.165) is 16.6 Å². The van der Waals surface area contributed by atoms with Gasteiger partial charge in [0, 0.05) is 31.5 Å². The Morgan fingerprint density at radius 3 is 3.00 bits per heavy atom. The van der Waals surface area contributed by atoms with E-state index in [9.17, 15) is 5.11 Å². The third kappa shape index (κ3) is 2.68. The zero-order valence-electron chi connectivity index (χ0n) is 11.7. The van der Waals surface area contributed by atoms with Gasteiger partial charge in [-0.25, -0.2) is 0 Å². The molecule has 20 heavy (non-hydrogen) atoms. The van der Waals surface area contributed by atoms with Crippen LogP contribution in [0.4, 0.5) is 0 Å². The molecule has 0 spiro atoms. The molecule has 0 saturated carbocycles. The summed E-state index contributed by atoms with van der Waals surface area (Å²) in [5.74, 6) is 0. The van der Waals surface area contributed by atoms with E-state index in [1.807, 2.05) is 31.2 Å². The second-order valence-corrected chi connectivity index (χ2v) is 5.47. The fourth-order valence-electron chi connectivity index (χ4n) is 2.62. The van der Waals surface area contributed by atoms with Crippen molar-refractivity contribution in [2.75, 3.05) is 13.2 Å². The molecule has 2 atom stereocenters. The highest BCUT2D eigenvalue weighted by Crippen LogP contribution is 2.24. The maximum Gasteiger partial charge on any atom is 0.105 e. The SMILES string of the molecule is CC1OCCC1(O)CNCc1ccc2ccccc2n1. The fraction of sp³-hybridized carbons (Fsp3) is 0.438. The van der Waals surface area contributed by atoms with Gasteiger partial charge in [0.1, 0.15) is 5.60 Å². The monoisotopic (exact) mass is 272 g/mol. The molecule has 106 valence electrons. The van der Waals surface area contributed by atoms with E-state index >= 15 is 0 Å². The van der Waals surface area contributed by atoms with Gasteiger partial charge in [0.2, 0.25) is 0 Å². The van der Waals surface area contributed by atoms with Gasteiger partial charge in [-0.05, 0) is 19.1 Å². The summed E-state index contributed by atoms with van der Waals surface area (Å²) in [6.45, 7) is 3.74. The van der Waals surface area contributed by atoms with Crippen molar-refractivity contribution in [1.29, 1.82) is 0 Å². The summed E-state index contributed by atoms with van der Waals surface area (Å²) in [7, 11) is 0. The van der Waals surface area contributed by atoms with Crippen molar-refractivity contribution in [2.24, 2.45) is 0 Å². The summed E-state index contributed by atoms with van der Waals surface area (Å²) >= 11 is 0. The minimum Gasteiger partial charge on any atom is -0.386 e. The van der Waals surface area contributed by atoms with Crippen LogP contribution >= 0.6 is 0 Å². The van der Waals surface area contributed by atoms with E-state index in [1.165, 1.54) is 0 Å². The van der Waals surface area contributed by atoms with Crippen LogP contribution in [0.3, 0.4) is 0 Å². The van der Waals surface area contributed by atoms with Crippen LogP contribution in [0.25, 0.3) is 10.9 Å². The number of aromatic nitrogens is 1. The first-order valence-electron chi connectivity index (χ1n) is 7.07. The Bertz CT molecular complexity index is 602. The van der Waals surface area contributed by atoms with Gasteiger partial charge in [-0.1, -0.05) is 24.3 Å². The third-order valence-electron chi connectivity index (χ3n) is 4.05. The fourth-order valence-corrected chi connectivity index (χ4v) is 2.62. The molecule has 1 aliphatic rings. The lowest BCUT2D eigenvalue weighted by atomic mass is 9.97. The molecule has 1 aliphatic heterocycles. The van der Waals surface area contributed by atoms with Gasteiger partial charge in [0.05, 0.1) is 17.3 Å². The first-order chi connectivity index (χ1) is 9.67. The Morgan fingerprint density at radius 1 is 1.35 bits per heavy atom. The Labute approximate surface area is 118 Å². The summed E-state index contributed by atoms with van der Waals surface area (Å²) < 4.78 is 5.42. The molecule has 2 heterocycles. The van der Waals surface area contributed by atoms with Crippen molar-refractivity contribution in [3.05, 3.63) is 42.1 Å². The molecule has 0 amide bonds. The van der Waals surface area contributed by atoms with Crippen molar-refractivity contribution in [3.63, 3.8) is 0 Å². The smallest absolute Gasteiger partial charge is 0.105 e. The molecule has 1 fully saturated rings. The summed E-state index contributed by atoms with van der Waals surface area (Å²) in [6, 6.07) is 12.2. The van der Waals surface area contributed by atoms with Crippen molar-refractivity contribution in [1.82, 2.24) is 10.3 Å². The van der Waals surface area contributed by atoms with Crippen LogP contribution in [0.1, 0.15) is 19.0 Å².